The molecule has 1 aromatic rings. The molecule has 3 nitrogen and oxygen atoms in total. The van der Waals surface area contributed by atoms with Crippen LogP contribution < -0.4 is 11.1 Å². The van der Waals surface area contributed by atoms with Crippen molar-refractivity contribution in [1.29, 1.82) is 0 Å². The van der Waals surface area contributed by atoms with Gasteiger partial charge in [-0.25, -0.2) is 0 Å². The van der Waals surface area contributed by atoms with Crippen LogP contribution in [0.4, 0.5) is 5.69 Å². The van der Waals surface area contributed by atoms with Crippen molar-refractivity contribution in [1.82, 2.24) is 0 Å². The van der Waals surface area contributed by atoms with Crippen molar-refractivity contribution >= 4 is 39.1 Å². The first kappa shape index (κ1) is 16.5. The zero-order valence-electron chi connectivity index (χ0n) is 11.2. The highest BCUT2D eigenvalue weighted by Crippen LogP contribution is 2.30. The van der Waals surface area contributed by atoms with Gasteiger partial charge >= 0.3 is 0 Å². The van der Waals surface area contributed by atoms with Gasteiger partial charge in [0.25, 0.3) is 0 Å². The smallest absolute Gasteiger partial charge is 0.227 e. The van der Waals surface area contributed by atoms with Gasteiger partial charge < -0.3 is 11.1 Å². The Morgan fingerprint density at radius 1 is 1.42 bits per heavy atom. The molecule has 0 bridgehead atoms. The topological polar surface area (TPSA) is 55.1 Å². The fraction of sp³-hybridized carbons (Fsp3) is 0.500. The van der Waals surface area contributed by atoms with E-state index in [1.807, 2.05) is 26.0 Å². The van der Waals surface area contributed by atoms with Gasteiger partial charge in [0, 0.05) is 12.0 Å². The van der Waals surface area contributed by atoms with E-state index in [9.17, 15) is 4.79 Å². The van der Waals surface area contributed by atoms with E-state index in [-0.39, 0.29) is 17.9 Å². The molecule has 106 valence electrons. The normalized spacial score (nSPS) is 13.9. The molecule has 2 unspecified atom stereocenters. The first-order valence-electron chi connectivity index (χ1n) is 6.42. The van der Waals surface area contributed by atoms with Gasteiger partial charge in [-0.3, -0.25) is 4.79 Å². The molecule has 5 heteroatoms. The summed E-state index contributed by atoms with van der Waals surface area (Å²) < 4.78 is 0.716. The monoisotopic (exact) mass is 346 g/mol. The van der Waals surface area contributed by atoms with Crippen LogP contribution in [0.1, 0.15) is 33.1 Å². The number of carbonyl (C=O) groups is 1. The predicted octanol–water partition coefficient (Wildman–Crippen LogP) is 4.19. The van der Waals surface area contributed by atoms with Crippen LogP contribution in [-0.4, -0.2) is 11.9 Å². The Kier molecular flexibility index (Phi) is 6.83. The number of carbonyl (C=O) groups excluding carboxylic acids is 1. The summed E-state index contributed by atoms with van der Waals surface area (Å²) in [6.45, 7) is 3.91. The van der Waals surface area contributed by atoms with Crippen LogP contribution in [0.5, 0.6) is 0 Å². The largest absolute Gasteiger partial charge is 0.328 e. The van der Waals surface area contributed by atoms with Gasteiger partial charge in [0.05, 0.1) is 15.2 Å². The van der Waals surface area contributed by atoms with Crippen molar-refractivity contribution in [2.75, 3.05) is 5.32 Å². The van der Waals surface area contributed by atoms with Gasteiger partial charge in [0.2, 0.25) is 5.91 Å². The van der Waals surface area contributed by atoms with Crippen LogP contribution in [0.15, 0.2) is 22.7 Å². The van der Waals surface area contributed by atoms with Gasteiger partial charge in [-0.1, -0.05) is 31.0 Å². The molecule has 0 spiro atoms. The standard InChI is InChI=1S/C14H20BrClN2O/c1-9(5-3-6-10(2)17)14(19)18-12-8-4-7-11(16)13(12)15/h4,7-10H,3,5-6,17H2,1-2H3,(H,18,19). The highest BCUT2D eigenvalue weighted by atomic mass is 79.9. The average molecular weight is 348 g/mol. The number of halogens is 2. The third-order valence-electron chi connectivity index (χ3n) is 2.95. The molecular formula is C14H20BrClN2O. The summed E-state index contributed by atoms with van der Waals surface area (Å²) in [5.41, 5.74) is 6.40. The molecule has 0 aromatic heterocycles. The highest BCUT2D eigenvalue weighted by molar-refractivity contribution is 9.10. The maximum absolute atomic E-state index is 12.0. The third-order valence-corrected chi connectivity index (χ3v) is 4.35. The predicted molar refractivity (Wildman–Crippen MR) is 84.4 cm³/mol. The van der Waals surface area contributed by atoms with E-state index in [1.165, 1.54) is 0 Å². The molecule has 1 aromatic carbocycles. The van der Waals surface area contributed by atoms with Crippen LogP contribution in [0, 0.1) is 5.92 Å². The Labute approximate surface area is 128 Å². The lowest BCUT2D eigenvalue weighted by Gasteiger charge is -2.14. The quantitative estimate of drug-likeness (QED) is 0.810. The lowest BCUT2D eigenvalue weighted by Crippen LogP contribution is -2.21. The van der Waals surface area contributed by atoms with Gasteiger partial charge in [-0.15, -0.1) is 0 Å². The van der Waals surface area contributed by atoms with Gasteiger partial charge in [-0.2, -0.15) is 0 Å². The first-order chi connectivity index (χ1) is 8.91. The molecule has 0 saturated carbocycles. The number of hydrogen-bond donors (Lipinski definition) is 2. The minimum atomic E-state index is -0.0374. The van der Waals surface area contributed by atoms with E-state index < -0.39 is 0 Å². The van der Waals surface area contributed by atoms with Gasteiger partial charge in [-0.05, 0) is 47.8 Å². The van der Waals surface area contributed by atoms with E-state index in [2.05, 4.69) is 21.2 Å². The van der Waals surface area contributed by atoms with Gasteiger partial charge in [0.1, 0.15) is 0 Å². The van der Waals surface area contributed by atoms with E-state index in [1.54, 1.807) is 6.07 Å². The minimum absolute atomic E-state index is 0.00708. The molecule has 0 aliphatic carbocycles. The molecule has 3 N–H and O–H groups in total. The number of amides is 1. The molecule has 0 saturated heterocycles. The summed E-state index contributed by atoms with van der Waals surface area (Å²) in [4.78, 5) is 12.0. The van der Waals surface area contributed by atoms with Gasteiger partial charge in [0.15, 0.2) is 0 Å². The zero-order valence-corrected chi connectivity index (χ0v) is 13.6. The summed E-state index contributed by atoms with van der Waals surface area (Å²) in [5, 5.41) is 3.47. The molecule has 0 fully saturated rings. The molecule has 1 amide bonds. The average Bonchev–Trinajstić information content (AvgIpc) is 2.34. The van der Waals surface area contributed by atoms with Crippen molar-refractivity contribution in [3.8, 4) is 0 Å². The Hall–Kier alpha value is -0.580. The molecule has 19 heavy (non-hydrogen) atoms. The molecule has 0 radical (unpaired) electrons. The van der Waals surface area contributed by atoms with E-state index in [4.69, 9.17) is 17.3 Å². The second-order valence-electron chi connectivity index (χ2n) is 4.90. The highest BCUT2D eigenvalue weighted by Gasteiger charge is 2.14. The summed E-state index contributed by atoms with van der Waals surface area (Å²) in [6, 6.07) is 5.59. The lowest BCUT2D eigenvalue weighted by atomic mass is 10.0. The fourth-order valence-electron chi connectivity index (χ4n) is 1.73. The fourth-order valence-corrected chi connectivity index (χ4v) is 2.27. The van der Waals surface area contributed by atoms with Crippen LogP contribution in [-0.2, 0) is 4.79 Å². The van der Waals surface area contributed by atoms with Crippen molar-refractivity contribution in [2.45, 2.75) is 39.2 Å². The Morgan fingerprint density at radius 3 is 2.74 bits per heavy atom. The second kappa shape index (κ2) is 7.88. The maximum atomic E-state index is 12.0. The zero-order chi connectivity index (χ0) is 14.4. The van der Waals surface area contributed by atoms with Crippen LogP contribution >= 0.6 is 27.5 Å². The van der Waals surface area contributed by atoms with E-state index in [0.717, 1.165) is 19.3 Å². The number of hydrogen-bond acceptors (Lipinski definition) is 2. The summed E-state index contributed by atoms with van der Waals surface area (Å²) in [7, 11) is 0. The summed E-state index contributed by atoms with van der Waals surface area (Å²) >= 11 is 9.35. The summed E-state index contributed by atoms with van der Waals surface area (Å²) in [6.07, 6.45) is 2.74. The molecule has 0 aliphatic heterocycles. The molecule has 2 atom stereocenters. The SMILES string of the molecule is CC(N)CCCC(C)C(=O)Nc1cccc(Cl)c1Br. The van der Waals surface area contributed by atoms with Crippen molar-refractivity contribution < 1.29 is 4.79 Å². The first-order valence-corrected chi connectivity index (χ1v) is 7.59. The Morgan fingerprint density at radius 2 is 2.11 bits per heavy atom. The van der Waals surface area contributed by atoms with Crippen molar-refractivity contribution in [3.63, 3.8) is 0 Å². The molecular weight excluding hydrogens is 328 g/mol. The third kappa shape index (κ3) is 5.51. The van der Waals surface area contributed by atoms with Crippen molar-refractivity contribution in [3.05, 3.63) is 27.7 Å². The van der Waals surface area contributed by atoms with E-state index in [0.29, 0.717) is 15.2 Å². The number of nitrogens with two attached hydrogens (primary N) is 1. The Balaban J connectivity index is 2.52. The van der Waals surface area contributed by atoms with Crippen LogP contribution in [0.25, 0.3) is 0 Å². The lowest BCUT2D eigenvalue weighted by molar-refractivity contribution is -0.119. The van der Waals surface area contributed by atoms with Crippen molar-refractivity contribution in [2.24, 2.45) is 11.7 Å². The second-order valence-corrected chi connectivity index (χ2v) is 6.10. The summed E-state index contributed by atoms with van der Waals surface area (Å²) in [5.74, 6) is -0.0303. The molecule has 1 rings (SSSR count). The number of nitrogens with one attached hydrogen (secondary N) is 1. The molecule has 0 aliphatic rings. The van der Waals surface area contributed by atoms with Crippen LogP contribution in [0.2, 0.25) is 5.02 Å². The maximum Gasteiger partial charge on any atom is 0.227 e. The van der Waals surface area contributed by atoms with Crippen LogP contribution in [0.3, 0.4) is 0 Å². The minimum Gasteiger partial charge on any atom is -0.328 e. The Bertz CT molecular complexity index is 437. The van der Waals surface area contributed by atoms with E-state index >= 15 is 0 Å². The number of rotatable bonds is 6. The number of anilines is 1. The molecule has 0 heterocycles. The number of benzene rings is 1.